The molecule has 0 bridgehead atoms. The van der Waals surface area contributed by atoms with Crippen LogP contribution in [0.25, 0.3) is 11.3 Å². The molecule has 0 saturated carbocycles. The van der Waals surface area contributed by atoms with Gasteiger partial charge in [-0.05, 0) is 43.7 Å². The van der Waals surface area contributed by atoms with E-state index in [1.165, 1.54) is 41.8 Å². The van der Waals surface area contributed by atoms with Crippen molar-refractivity contribution in [1.29, 1.82) is 0 Å². The Bertz CT molecular complexity index is 1270. The smallest absolute Gasteiger partial charge is 0.416 e. The summed E-state index contributed by atoms with van der Waals surface area (Å²) in [5.41, 5.74) is -1.61. The average molecular weight is 485 g/mol. The molecule has 0 aliphatic heterocycles. The zero-order chi connectivity index (χ0) is 23.8. The van der Waals surface area contributed by atoms with Crippen LogP contribution >= 0.6 is 23.2 Å². The maximum absolute atomic E-state index is 13.3. The number of aromatic nitrogens is 1. The number of aryl methyl sites for hydroxylation is 1. The van der Waals surface area contributed by atoms with Crippen molar-refractivity contribution in [3.05, 3.63) is 79.4 Å². The van der Waals surface area contributed by atoms with Crippen LogP contribution < -0.4 is 10.7 Å². The fourth-order valence-corrected chi connectivity index (χ4v) is 3.68. The van der Waals surface area contributed by atoms with E-state index in [9.17, 15) is 27.9 Å². The van der Waals surface area contributed by atoms with Crippen LogP contribution in [-0.4, -0.2) is 15.6 Å². The summed E-state index contributed by atoms with van der Waals surface area (Å²) in [4.78, 5) is 24.6. The van der Waals surface area contributed by atoms with Gasteiger partial charge >= 0.3 is 12.1 Å². The number of nitrogens with zero attached hydrogens (tertiary/aromatic N) is 1. The number of carboxylic acid groups (broad SMARTS) is 1. The molecule has 5 nitrogen and oxygen atoms in total. The molecule has 0 amide bonds. The highest BCUT2D eigenvalue weighted by atomic mass is 35.5. The third-order valence-corrected chi connectivity index (χ3v) is 5.59. The number of halogens is 5. The Kier molecular flexibility index (Phi) is 6.57. The molecule has 168 valence electrons. The third-order valence-electron chi connectivity index (χ3n) is 4.85. The summed E-state index contributed by atoms with van der Waals surface area (Å²) in [6, 6.07) is 9.13. The summed E-state index contributed by atoms with van der Waals surface area (Å²) in [6.07, 6.45) is -4.55. The summed E-state index contributed by atoms with van der Waals surface area (Å²) in [5.74, 6) is -1.32. The molecular weight excluding hydrogens is 468 g/mol. The van der Waals surface area contributed by atoms with E-state index in [1.54, 1.807) is 6.92 Å². The van der Waals surface area contributed by atoms with Crippen molar-refractivity contribution < 1.29 is 23.1 Å². The second-order valence-electron chi connectivity index (χ2n) is 6.95. The standard InChI is InChI=1S/C22H17Cl2F3N2O3/c1-3-29-18(28-13-6-4-11(2)14(9-13)22(25,26)27)10-17(30)19(21(31)32)20(29)12-5-7-15(23)16(24)8-12/h4-10,28H,3H2,1-2H3,(H,31,32). The molecule has 1 heterocycles. The van der Waals surface area contributed by atoms with Crippen LogP contribution in [0.5, 0.6) is 0 Å². The van der Waals surface area contributed by atoms with Gasteiger partial charge in [-0.1, -0.05) is 35.3 Å². The van der Waals surface area contributed by atoms with Gasteiger partial charge in [0.05, 0.1) is 21.3 Å². The molecule has 32 heavy (non-hydrogen) atoms. The predicted molar refractivity (Wildman–Crippen MR) is 118 cm³/mol. The van der Waals surface area contributed by atoms with Gasteiger partial charge in [-0.25, -0.2) is 4.79 Å². The van der Waals surface area contributed by atoms with Crippen molar-refractivity contribution >= 4 is 40.7 Å². The number of aromatic carboxylic acids is 1. The Labute approximate surface area is 191 Å². The number of hydrogen-bond acceptors (Lipinski definition) is 3. The normalized spacial score (nSPS) is 11.5. The topological polar surface area (TPSA) is 71.3 Å². The quantitative estimate of drug-likeness (QED) is 0.427. The second-order valence-corrected chi connectivity index (χ2v) is 7.76. The molecule has 0 radical (unpaired) electrons. The van der Waals surface area contributed by atoms with E-state index < -0.39 is 28.7 Å². The molecule has 0 spiro atoms. The van der Waals surface area contributed by atoms with Gasteiger partial charge in [0.25, 0.3) is 0 Å². The van der Waals surface area contributed by atoms with Crippen LogP contribution in [0.15, 0.2) is 47.3 Å². The van der Waals surface area contributed by atoms with Gasteiger partial charge in [-0.3, -0.25) is 4.79 Å². The maximum atomic E-state index is 13.3. The molecule has 0 aliphatic carbocycles. The van der Waals surface area contributed by atoms with Gasteiger partial charge in [0, 0.05) is 23.9 Å². The van der Waals surface area contributed by atoms with Gasteiger partial charge in [0.1, 0.15) is 11.4 Å². The first-order valence-electron chi connectivity index (χ1n) is 9.35. The van der Waals surface area contributed by atoms with E-state index >= 15 is 0 Å². The summed E-state index contributed by atoms with van der Waals surface area (Å²) >= 11 is 12.0. The number of hydrogen-bond donors (Lipinski definition) is 2. The maximum Gasteiger partial charge on any atom is 0.416 e. The zero-order valence-electron chi connectivity index (χ0n) is 16.8. The molecule has 10 heteroatoms. The SMILES string of the molecule is CCn1c(Nc2ccc(C)c(C(F)(F)F)c2)cc(=O)c(C(=O)O)c1-c1ccc(Cl)c(Cl)c1. The van der Waals surface area contributed by atoms with E-state index in [4.69, 9.17) is 23.2 Å². The summed E-state index contributed by atoms with van der Waals surface area (Å²) in [6.45, 7) is 3.26. The molecule has 2 N–H and O–H groups in total. The van der Waals surface area contributed by atoms with E-state index in [-0.39, 0.29) is 39.4 Å². The lowest BCUT2D eigenvalue weighted by Crippen LogP contribution is -2.22. The lowest BCUT2D eigenvalue weighted by atomic mass is 10.0. The van der Waals surface area contributed by atoms with Crippen molar-refractivity contribution in [3.8, 4) is 11.3 Å². The van der Waals surface area contributed by atoms with E-state index in [2.05, 4.69) is 5.32 Å². The molecule has 1 aromatic heterocycles. The van der Waals surface area contributed by atoms with Gasteiger partial charge < -0.3 is 15.0 Å². The second kappa shape index (κ2) is 8.88. The third kappa shape index (κ3) is 4.61. The molecule has 0 aliphatic rings. The van der Waals surface area contributed by atoms with E-state index in [0.717, 1.165) is 12.1 Å². The highest BCUT2D eigenvalue weighted by molar-refractivity contribution is 6.42. The molecule has 3 rings (SSSR count). The van der Waals surface area contributed by atoms with Crippen molar-refractivity contribution in [1.82, 2.24) is 4.57 Å². The van der Waals surface area contributed by atoms with E-state index in [0.29, 0.717) is 5.56 Å². The number of rotatable bonds is 5. The number of nitrogens with one attached hydrogen (secondary N) is 1. The van der Waals surface area contributed by atoms with Crippen LogP contribution in [0.4, 0.5) is 24.7 Å². The van der Waals surface area contributed by atoms with Crippen molar-refractivity contribution in [2.24, 2.45) is 0 Å². The molecule has 0 fully saturated rings. The van der Waals surface area contributed by atoms with E-state index in [1.807, 2.05) is 0 Å². The number of alkyl halides is 3. The first-order valence-corrected chi connectivity index (χ1v) is 10.1. The molecule has 0 atom stereocenters. The van der Waals surface area contributed by atoms with Crippen LogP contribution in [0.2, 0.25) is 10.0 Å². The highest BCUT2D eigenvalue weighted by Gasteiger charge is 2.32. The molecule has 3 aromatic rings. The monoisotopic (exact) mass is 484 g/mol. The number of carboxylic acids is 1. The van der Waals surface area contributed by atoms with Gasteiger partial charge in [-0.15, -0.1) is 0 Å². The number of benzene rings is 2. The van der Waals surface area contributed by atoms with Gasteiger partial charge in [0.15, 0.2) is 5.43 Å². The lowest BCUT2D eigenvalue weighted by molar-refractivity contribution is -0.138. The number of pyridine rings is 1. The fraction of sp³-hybridized carbons (Fsp3) is 0.182. The minimum Gasteiger partial charge on any atom is -0.477 e. The summed E-state index contributed by atoms with van der Waals surface area (Å²) in [5, 5.41) is 12.9. The minimum atomic E-state index is -4.55. The fourth-order valence-electron chi connectivity index (χ4n) is 3.38. The highest BCUT2D eigenvalue weighted by Crippen LogP contribution is 2.35. The molecular formula is C22H17Cl2F3N2O3. The van der Waals surface area contributed by atoms with Crippen LogP contribution in [0.3, 0.4) is 0 Å². The van der Waals surface area contributed by atoms with Crippen LogP contribution in [-0.2, 0) is 12.7 Å². The van der Waals surface area contributed by atoms with Crippen LogP contribution in [0.1, 0.15) is 28.4 Å². The zero-order valence-corrected chi connectivity index (χ0v) is 18.4. The number of anilines is 2. The van der Waals surface area contributed by atoms with Crippen molar-refractivity contribution in [3.63, 3.8) is 0 Å². The van der Waals surface area contributed by atoms with Crippen molar-refractivity contribution in [2.45, 2.75) is 26.6 Å². The average Bonchev–Trinajstić information content (AvgIpc) is 2.70. The van der Waals surface area contributed by atoms with Gasteiger partial charge in [0.2, 0.25) is 0 Å². The largest absolute Gasteiger partial charge is 0.477 e. The lowest BCUT2D eigenvalue weighted by Gasteiger charge is -2.21. The Morgan fingerprint density at radius 3 is 2.34 bits per heavy atom. The van der Waals surface area contributed by atoms with Gasteiger partial charge in [-0.2, -0.15) is 13.2 Å². The molecule has 0 unspecified atom stereocenters. The first kappa shape index (κ1) is 23.7. The Morgan fingerprint density at radius 2 is 1.78 bits per heavy atom. The minimum absolute atomic E-state index is 0.0497. The Hall–Kier alpha value is -2.97. The van der Waals surface area contributed by atoms with Crippen LogP contribution in [0, 0.1) is 6.92 Å². The molecule has 2 aromatic carbocycles. The first-order chi connectivity index (χ1) is 14.9. The Morgan fingerprint density at radius 1 is 1.09 bits per heavy atom. The predicted octanol–water partition coefficient (Wildman–Crippen LogP) is 6.61. The Balaban J connectivity index is 2.25. The summed E-state index contributed by atoms with van der Waals surface area (Å²) < 4.78 is 41.4. The molecule has 0 saturated heterocycles. The summed E-state index contributed by atoms with van der Waals surface area (Å²) in [7, 11) is 0. The number of carbonyl (C=O) groups is 1. The van der Waals surface area contributed by atoms with Crippen molar-refractivity contribution in [2.75, 3.05) is 5.32 Å².